The molecule has 0 aliphatic rings. The Hall–Kier alpha value is -1.32. The van der Waals surface area contributed by atoms with Crippen LogP contribution in [0.15, 0.2) is 0 Å². The zero-order valence-electron chi connectivity index (χ0n) is 39.8. The third kappa shape index (κ3) is 41.8. The highest BCUT2D eigenvalue weighted by molar-refractivity contribution is 7.98. The molecule has 0 aromatic carbocycles. The fraction of sp³-hybridized carbons (Fsp3) is 0.940. The monoisotopic (exact) mass is 854 g/mol. The molecule has 0 aromatic heterocycles. The molecule has 0 aliphatic heterocycles. The van der Waals surface area contributed by atoms with Crippen LogP contribution in [-0.2, 0) is 23.9 Å². The van der Waals surface area contributed by atoms with Crippen molar-refractivity contribution in [1.29, 1.82) is 0 Å². The number of nitrogens with one attached hydrogen (secondary N) is 2. The van der Waals surface area contributed by atoms with E-state index in [1.54, 1.807) is 7.05 Å². The lowest BCUT2D eigenvalue weighted by molar-refractivity contribution is -0.150. The summed E-state index contributed by atoms with van der Waals surface area (Å²) < 4.78 is 15.2. The minimum Gasteiger partial charge on any atom is -0.462 e. The summed E-state index contributed by atoms with van der Waals surface area (Å²) in [5, 5.41) is 2.67. The van der Waals surface area contributed by atoms with E-state index in [4.69, 9.17) is 9.47 Å². The minimum atomic E-state index is -0.0118. The van der Waals surface area contributed by atoms with Gasteiger partial charge in [-0.15, -0.1) is 0 Å². The van der Waals surface area contributed by atoms with E-state index in [0.29, 0.717) is 18.6 Å². The Kier molecular flexibility index (Phi) is 45.2. The number of rotatable bonds is 47. The van der Waals surface area contributed by atoms with E-state index < -0.39 is 0 Å². The molecule has 0 heterocycles. The van der Waals surface area contributed by atoms with Crippen molar-refractivity contribution in [2.75, 3.05) is 39.0 Å². The number of carbonyl (C=O) groups excluding carboxylic acids is 3. The Morgan fingerprint density at radius 2 is 0.847 bits per heavy atom. The van der Waals surface area contributed by atoms with E-state index in [1.807, 2.05) is 0 Å². The first-order valence-electron chi connectivity index (χ1n) is 25.6. The fourth-order valence-electron chi connectivity index (χ4n) is 7.80. The Morgan fingerprint density at radius 1 is 0.475 bits per heavy atom. The molecule has 0 aromatic rings. The molecule has 350 valence electrons. The molecule has 1 atom stereocenters. The van der Waals surface area contributed by atoms with Crippen molar-refractivity contribution in [2.24, 2.45) is 0 Å². The number of unbranched alkanes of at least 4 members (excludes halogenated alkanes) is 23. The van der Waals surface area contributed by atoms with Crippen LogP contribution in [-0.4, -0.2) is 73.9 Å². The first-order chi connectivity index (χ1) is 28.9. The molecular formula is C50H99N3O5S. The van der Waals surface area contributed by atoms with E-state index in [-0.39, 0.29) is 30.1 Å². The van der Waals surface area contributed by atoms with Gasteiger partial charge in [-0.05, 0) is 96.7 Å². The smallest absolute Gasteiger partial charge is 0.306 e. The Bertz CT molecular complexity index is 909. The molecule has 0 fully saturated rings. The quantitative estimate of drug-likeness (QED) is 0.0355. The molecule has 59 heavy (non-hydrogen) atoms. The number of nitrogens with zero attached hydrogens (tertiary/aromatic N) is 1. The number of hydrogen-bond donors (Lipinski definition) is 2. The number of ether oxygens (including phenoxy) is 2. The van der Waals surface area contributed by atoms with Gasteiger partial charge in [-0.1, -0.05) is 174 Å². The highest BCUT2D eigenvalue weighted by Gasteiger charge is 2.15. The zero-order valence-corrected chi connectivity index (χ0v) is 40.7. The summed E-state index contributed by atoms with van der Waals surface area (Å²) in [6, 6.07) is 0. The third-order valence-corrected chi connectivity index (χ3v) is 12.6. The molecule has 0 spiro atoms. The number of hydrogen-bond acceptors (Lipinski definition) is 8. The average molecular weight is 854 g/mol. The Labute approximate surface area is 370 Å². The van der Waals surface area contributed by atoms with Gasteiger partial charge in [-0.2, -0.15) is 0 Å². The molecule has 8 nitrogen and oxygen atoms in total. The molecule has 1 amide bonds. The highest BCUT2D eigenvalue weighted by atomic mass is 32.2. The molecule has 0 bridgehead atoms. The first-order valence-corrected chi connectivity index (χ1v) is 26.5. The summed E-state index contributed by atoms with van der Waals surface area (Å²) in [5.74, 6) is 0.488. The van der Waals surface area contributed by atoms with E-state index in [2.05, 4.69) is 42.6 Å². The van der Waals surface area contributed by atoms with Crippen LogP contribution in [0.1, 0.15) is 252 Å². The van der Waals surface area contributed by atoms with Crippen LogP contribution < -0.4 is 10.0 Å². The second kappa shape index (κ2) is 46.2. The predicted octanol–water partition coefficient (Wildman–Crippen LogP) is 13.8. The summed E-state index contributed by atoms with van der Waals surface area (Å²) in [7, 11) is 1.67. The van der Waals surface area contributed by atoms with Crippen molar-refractivity contribution in [2.45, 2.75) is 265 Å². The standard InChI is InChI=1S/C50H99N3O5S/c1-6-10-13-16-21-28-36-46(9-4)57-49(55)39-31-24-19-26-33-42-53(44-35-41-52-59-45-48(54)51-5)43-34-27-20-25-32-40-50(56)58-47(37-29-22-17-14-11-7-2)38-30-23-18-15-12-8-3/h46-47,52H,6-45H2,1-5H3,(H,51,54). The predicted molar refractivity (Wildman–Crippen MR) is 255 cm³/mol. The maximum absolute atomic E-state index is 12.8. The van der Waals surface area contributed by atoms with Crippen molar-refractivity contribution in [3.05, 3.63) is 0 Å². The van der Waals surface area contributed by atoms with Gasteiger partial charge in [0.25, 0.3) is 0 Å². The van der Waals surface area contributed by atoms with Gasteiger partial charge in [0.2, 0.25) is 5.91 Å². The molecule has 0 saturated heterocycles. The molecule has 1 unspecified atom stereocenters. The average Bonchev–Trinajstić information content (AvgIpc) is 3.23. The number of carbonyl (C=O) groups is 3. The van der Waals surface area contributed by atoms with E-state index in [0.717, 1.165) is 103 Å². The van der Waals surface area contributed by atoms with Crippen LogP contribution in [0, 0.1) is 0 Å². The lowest BCUT2D eigenvalue weighted by atomic mass is 10.0. The Balaban J connectivity index is 4.47. The van der Waals surface area contributed by atoms with Crippen molar-refractivity contribution in [3.8, 4) is 0 Å². The molecule has 2 N–H and O–H groups in total. The topological polar surface area (TPSA) is 97.0 Å². The van der Waals surface area contributed by atoms with Gasteiger partial charge >= 0.3 is 11.9 Å². The van der Waals surface area contributed by atoms with Crippen molar-refractivity contribution < 1.29 is 23.9 Å². The van der Waals surface area contributed by atoms with E-state index >= 15 is 0 Å². The van der Waals surface area contributed by atoms with Gasteiger partial charge in [-0.3, -0.25) is 19.1 Å². The van der Waals surface area contributed by atoms with Crippen LogP contribution in [0.3, 0.4) is 0 Å². The second-order valence-electron chi connectivity index (χ2n) is 17.4. The van der Waals surface area contributed by atoms with Crippen LogP contribution >= 0.6 is 11.9 Å². The number of esters is 2. The largest absolute Gasteiger partial charge is 0.462 e. The molecular weight excluding hydrogens is 755 g/mol. The summed E-state index contributed by atoms with van der Waals surface area (Å²) in [4.78, 5) is 39.5. The molecule has 9 heteroatoms. The first kappa shape index (κ1) is 57.7. The van der Waals surface area contributed by atoms with Crippen LogP contribution in [0.2, 0.25) is 0 Å². The van der Waals surface area contributed by atoms with Gasteiger partial charge < -0.3 is 19.7 Å². The molecule has 0 saturated carbocycles. The maximum Gasteiger partial charge on any atom is 0.306 e. The third-order valence-electron chi connectivity index (χ3n) is 11.7. The van der Waals surface area contributed by atoms with Crippen molar-refractivity contribution >= 4 is 29.8 Å². The lowest BCUT2D eigenvalue weighted by Gasteiger charge is -2.22. The van der Waals surface area contributed by atoms with Gasteiger partial charge in [0.05, 0.1) is 5.75 Å². The van der Waals surface area contributed by atoms with Crippen molar-refractivity contribution in [3.63, 3.8) is 0 Å². The maximum atomic E-state index is 12.8. The Morgan fingerprint density at radius 3 is 1.29 bits per heavy atom. The second-order valence-corrected chi connectivity index (χ2v) is 18.3. The summed E-state index contributed by atoms with van der Waals surface area (Å²) in [5.41, 5.74) is 0. The number of amides is 1. The minimum absolute atomic E-state index is 0.0118. The molecule has 0 radical (unpaired) electrons. The van der Waals surface area contributed by atoms with Crippen LogP contribution in [0.5, 0.6) is 0 Å². The van der Waals surface area contributed by atoms with Crippen LogP contribution in [0.25, 0.3) is 0 Å². The molecule has 0 rings (SSSR count). The van der Waals surface area contributed by atoms with Crippen LogP contribution in [0.4, 0.5) is 0 Å². The fourth-order valence-corrected chi connectivity index (χ4v) is 8.46. The van der Waals surface area contributed by atoms with E-state index in [9.17, 15) is 14.4 Å². The lowest BCUT2D eigenvalue weighted by Crippen LogP contribution is -2.29. The summed E-state index contributed by atoms with van der Waals surface area (Å²) in [6.45, 7) is 13.1. The van der Waals surface area contributed by atoms with Gasteiger partial charge in [0, 0.05) is 26.4 Å². The van der Waals surface area contributed by atoms with Crippen molar-refractivity contribution in [1.82, 2.24) is 14.9 Å². The van der Waals surface area contributed by atoms with Gasteiger partial charge in [0.15, 0.2) is 0 Å². The highest BCUT2D eigenvalue weighted by Crippen LogP contribution is 2.19. The summed E-state index contributed by atoms with van der Waals surface area (Å²) in [6.07, 6.45) is 40.4. The summed E-state index contributed by atoms with van der Waals surface area (Å²) >= 11 is 1.48. The van der Waals surface area contributed by atoms with E-state index in [1.165, 1.54) is 147 Å². The van der Waals surface area contributed by atoms with Gasteiger partial charge in [-0.25, -0.2) is 0 Å². The zero-order chi connectivity index (χ0) is 43.3. The normalized spacial score (nSPS) is 12.1. The SMILES string of the molecule is CCCCCCCCC(CC)OC(=O)CCCCCCCN(CCCCCCCC(=O)OC(CCCCCCCC)CCCCCCCC)CCCNSCC(=O)NC. The van der Waals surface area contributed by atoms with Gasteiger partial charge in [0.1, 0.15) is 12.2 Å². The molecule has 0 aliphatic carbocycles.